The maximum absolute atomic E-state index is 13.2. The van der Waals surface area contributed by atoms with Crippen molar-refractivity contribution in [2.75, 3.05) is 7.11 Å². The van der Waals surface area contributed by atoms with Crippen molar-refractivity contribution in [2.24, 2.45) is 0 Å². The molecule has 5 rings (SSSR count). The van der Waals surface area contributed by atoms with Crippen LogP contribution < -0.4 is 10.2 Å². The van der Waals surface area contributed by atoms with Crippen LogP contribution in [-0.4, -0.2) is 39.1 Å². The number of methoxy groups -OCH3 is 1. The molecule has 2 atom stereocenters. The highest BCUT2D eigenvalue weighted by Crippen LogP contribution is 2.31. The third-order valence-electron chi connectivity index (χ3n) is 5.47. The fraction of sp³-hybridized carbons (Fsp3) is 0.227. The Morgan fingerprint density at radius 1 is 1.16 bits per heavy atom. The standard InChI is InChI=1S/C22H20FN5O3/c1-30-17-8-4-15(5-9-17)21-24-20(31-26-21)13-27-10-11-28-19(22(27)29)12-18(25-28)14-2-6-16(23)7-3-14/h2-11,18-19,25H,12-13H2,1H3. The van der Waals surface area contributed by atoms with Gasteiger partial charge in [0.25, 0.3) is 5.91 Å². The Hall–Kier alpha value is -3.72. The monoisotopic (exact) mass is 421 g/mol. The molecule has 1 amide bonds. The first kappa shape index (κ1) is 19.3. The molecule has 1 saturated heterocycles. The lowest BCUT2D eigenvalue weighted by atomic mass is 10.0. The van der Waals surface area contributed by atoms with E-state index in [1.807, 2.05) is 30.5 Å². The number of halogens is 1. The van der Waals surface area contributed by atoms with Crippen molar-refractivity contribution in [3.63, 3.8) is 0 Å². The lowest BCUT2D eigenvalue weighted by Crippen LogP contribution is -2.47. The summed E-state index contributed by atoms with van der Waals surface area (Å²) in [5, 5.41) is 5.81. The highest BCUT2D eigenvalue weighted by atomic mass is 19.1. The second-order valence-electron chi connectivity index (χ2n) is 7.40. The Labute approximate surface area is 177 Å². The number of carbonyl (C=O) groups excluding carboxylic acids is 1. The molecule has 31 heavy (non-hydrogen) atoms. The van der Waals surface area contributed by atoms with E-state index in [-0.39, 0.29) is 30.4 Å². The Balaban J connectivity index is 1.27. The van der Waals surface area contributed by atoms with E-state index in [1.54, 1.807) is 35.4 Å². The molecule has 0 aliphatic carbocycles. The Morgan fingerprint density at radius 2 is 1.94 bits per heavy atom. The minimum absolute atomic E-state index is 0.0655. The summed E-state index contributed by atoms with van der Waals surface area (Å²) in [4.78, 5) is 19.0. The Kier molecular flexibility index (Phi) is 4.87. The van der Waals surface area contributed by atoms with E-state index < -0.39 is 0 Å². The number of hydrazine groups is 1. The molecule has 158 valence electrons. The molecule has 2 aromatic carbocycles. The van der Waals surface area contributed by atoms with Gasteiger partial charge < -0.3 is 19.2 Å². The smallest absolute Gasteiger partial charge is 0.251 e. The van der Waals surface area contributed by atoms with Crippen LogP contribution in [-0.2, 0) is 11.3 Å². The maximum atomic E-state index is 13.2. The van der Waals surface area contributed by atoms with Gasteiger partial charge in [-0.15, -0.1) is 0 Å². The average Bonchev–Trinajstić information content (AvgIpc) is 3.44. The van der Waals surface area contributed by atoms with Crippen LogP contribution in [0.25, 0.3) is 11.4 Å². The van der Waals surface area contributed by atoms with Gasteiger partial charge in [0.2, 0.25) is 11.7 Å². The minimum atomic E-state index is -0.357. The number of amides is 1. The van der Waals surface area contributed by atoms with Gasteiger partial charge >= 0.3 is 0 Å². The topological polar surface area (TPSA) is 83.7 Å². The molecular formula is C22H20FN5O3. The predicted molar refractivity (Wildman–Crippen MR) is 108 cm³/mol. The largest absolute Gasteiger partial charge is 0.497 e. The maximum Gasteiger partial charge on any atom is 0.251 e. The van der Waals surface area contributed by atoms with Crippen molar-refractivity contribution in [3.8, 4) is 17.1 Å². The third-order valence-corrected chi connectivity index (χ3v) is 5.47. The van der Waals surface area contributed by atoms with Crippen LogP contribution in [0.1, 0.15) is 23.9 Å². The number of rotatable bonds is 5. The summed E-state index contributed by atoms with van der Waals surface area (Å²) >= 11 is 0. The number of carbonyl (C=O) groups is 1. The summed E-state index contributed by atoms with van der Waals surface area (Å²) in [6, 6.07) is 13.2. The van der Waals surface area contributed by atoms with Crippen LogP contribution in [0.4, 0.5) is 4.39 Å². The van der Waals surface area contributed by atoms with Crippen LogP contribution in [0.2, 0.25) is 0 Å². The van der Waals surface area contributed by atoms with Gasteiger partial charge in [0, 0.05) is 18.0 Å². The summed E-state index contributed by atoms with van der Waals surface area (Å²) in [7, 11) is 1.60. The highest BCUT2D eigenvalue weighted by molar-refractivity contribution is 5.84. The molecular weight excluding hydrogens is 401 g/mol. The molecule has 1 N–H and O–H groups in total. The molecule has 2 aliphatic rings. The van der Waals surface area contributed by atoms with Crippen LogP contribution in [0.5, 0.6) is 5.75 Å². The van der Waals surface area contributed by atoms with E-state index in [1.165, 1.54) is 12.1 Å². The molecule has 1 fully saturated rings. The molecule has 2 aliphatic heterocycles. The SMILES string of the molecule is COc1ccc(-c2noc(CN3C=CN4NC(c5ccc(F)cc5)CC4C3=O)n2)cc1. The molecule has 1 aromatic heterocycles. The summed E-state index contributed by atoms with van der Waals surface area (Å²) in [6.45, 7) is 0.185. The normalized spacial score (nSPS) is 20.3. The summed E-state index contributed by atoms with van der Waals surface area (Å²) in [5.41, 5.74) is 5.02. The van der Waals surface area contributed by atoms with Crippen molar-refractivity contribution >= 4 is 5.91 Å². The van der Waals surface area contributed by atoms with Gasteiger partial charge in [0.1, 0.15) is 24.2 Å². The zero-order chi connectivity index (χ0) is 21.4. The molecule has 0 saturated carbocycles. The van der Waals surface area contributed by atoms with Gasteiger partial charge in [0.05, 0.1) is 13.2 Å². The van der Waals surface area contributed by atoms with E-state index in [2.05, 4.69) is 15.6 Å². The Bertz CT molecular complexity index is 1110. The number of nitrogens with zero attached hydrogens (tertiary/aromatic N) is 4. The minimum Gasteiger partial charge on any atom is -0.497 e. The number of ether oxygens (including phenoxy) is 1. The van der Waals surface area contributed by atoms with Crippen molar-refractivity contribution in [2.45, 2.75) is 25.0 Å². The predicted octanol–water partition coefficient (Wildman–Crippen LogP) is 3.02. The van der Waals surface area contributed by atoms with Crippen LogP contribution in [0, 0.1) is 5.82 Å². The molecule has 8 nitrogen and oxygen atoms in total. The van der Waals surface area contributed by atoms with E-state index in [0.29, 0.717) is 18.1 Å². The summed E-state index contributed by atoms with van der Waals surface area (Å²) in [5.74, 6) is 1.19. The van der Waals surface area contributed by atoms with Gasteiger partial charge in [-0.2, -0.15) is 4.98 Å². The number of aromatic nitrogens is 2. The van der Waals surface area contributed by atoms with Gasteiger partial charge in [-0.3, -0.25) is 4.79 Å². The molecule has 0 radical (unpaired) electrons. The van der Waals surface area contributed by atoms with Crippen LogP contribution in [0.3, 0.4) is 0 Å². The summed E-state index contributed by atoms with van der Waals surface area (Å²) in [6.07, 6.45) is 4.08. The van der Waals surface area contributed by atoms with Crippen molar-refractivity contribution < 1.29 is 18.4 Å². The first-order valence-corrected chi connectivity index (χ1v) is 9.86. The number of fused-ring (bicyclic) bond motifs is 1. The molecule has 3 aromatic rings. The number of hydrogen-bond donors (Lipinski definition) is 1. The van der Waals surface area contributed by atoms with Crippen molar-refractivity contribution in [1.82, 2.24) is 25.5 Å². The lowest BCUT2D eigenvalue weighted by molar-refractivity contribution is -0.135. The van der Waals surface area contributed by atoms with E-state index in [0.717, 1.165) is 16.9 Å². The quantitative estimate of drug-likeness (QED) is 0.678. The van der Waals surface area contributed by atoms with Gasteiger partial charge in [-0.25, -0.2) is 9.82 Å². The molecule has 9 heteroatoms. The molecule has 3 heterocycles. The Morgan fingerprint density at radius 3 is 2.68 bits per heavy atom. The zero-order valence-electron chi connectivity index (χ0n) is 16.7. The van der Waals surface area contributed by atoms with E-state index in [9.17, 15) is 9.18 Å². The zero-order valence-corrected chi connectivity index (χ0v) is 16.7. The first-order valence-electron chi connectivity index (χ1n) is 9.86. The van der Waals surface area contributed by atoms with Crippen molar-refractivity contribution in [1.29, 1.82) is 0 Å². The number of hydrogen-bond acceptors (Lipinski definition) is 7. The van der Waals surface area contributed by atoms with Crippen LogP contribution >= 0.6 is 0 Å². The van der Waals surface area contributed by atoms with Crippen LogP contribution in [0.15, 0.2) is 65.5 Å². The lowest BCUT2D eigenvalue weighted by Gasteiger charge is -2.30. The number of benzene rings is 2. The van der Waals surface area contributed by atoms with Crippen molar-refractivity contribution in [3.05, 3.63) is 78.2 Å². The average molecular weight is 421 g/mol. The second kappa shape index (κ2) is 7.84. The van der Waals surface area contributed by atoms with E-state index in [4.69, 9.17) is 9.26 Å². The third kappa shape index (κ3) is 3.75. The van der Waals surface area contributed by atoms with Gasteiger partial charge in [-0.05, 0) is 48.4 Å². The molecule has 0 bridgehead atoms. The first-order chi connectivity index (χ1) is 15.1. The molecule has 0 spiro atoms. The number of nitrogens with one attached hydrogen (secondary N) is 1. The fourth-order valence-corrected chi connectivity index (χ4v) is 3.80. The van der Waals surface area contributed by atoms with Gasteiger partial charge in [-0.1, -0.05) is 17.3 Å². The second-order valence-corrected chi connectivity index (χ2v) is 7.40. The fourth-order valence-electron chi connectivity index (χ4n) is 3.80. The van der Waals surface area contributed by atoms with E-state index >= 15 is 0 Å². The highest BCUT2D eigenvalue weighted by Gasteiger charge is 2.40. The summed E-state index contributed by atoms with van der Waals surface area (Å²) < 4.78 is 23.7. The van der Waals surface area contributed by atoms with Gasteiger partial charge in [0.15, 0.2) is 0 Å². The molecule has 2 unspecified atom stereocenters.